The molecule has 0 radical (unpaired) electrons. The molecule has 0 unspecified atom stereocenters. The Morgan fingerprint density at radius 1 is 1.12 bits per heavy atom. The average molecular weight is 338 g/mol. The van der Waals surface area contributed by atoms with Gasteiger partial charge in [0.1, 0.15) is 18.1 Å². The van der Waals surface area contributed by atoms with Crippen molar-refractivity contribution in [2.75, 3.05) is 13.7 Å². The molecule has 1 saturated carbocycles. The number of rotatable bonds is 6. The third kappa shape index (κ3) is 3.49. The highest BCUT2D eigenvalue weighted by Gasteiger charge is 2.46. The second kappa shape index (κ2) is 7.04. The summed E-state index contributed by atoms with van der Waals surface area (Å²) in [6.07, 6.45) is 3.94. The van der Waals surface area contributed by atoms with E-state index in [1.165, 1.54) is 25.0 Å². The Morgan fingerprint density at radius 2 is 1.96 bits per heavy atom. The number of piperidine rings is 1. The highest BCUT2D eigenvalue weighted by atomic mass is 16.5. The molecule has 2 aromatic rings. The summed E-state index contributed by atoms with van der Waals surface area (Å²) >= 11 is 0. The van der Waals surface area contributed by atoms with E-state index in [1.54, 1.807) is 7.11 Å². The Hall–Kier alpha value is -2.07. The smallest absolute Gasteiger partial charge is 0.123 e. The van der Waals surface area contributed by atoms with Gasteiger partial charge in [-0.15, -0.1) is 0 Å². The van der Waals surface area contributed by atoms with E-state index < -0.39 is 0 Å². The van der Waals surface area contributed by atoms with Crippen LogP contribution < -0.4 is 9.47 Å². The number of pyridine rings is 1. The van der Waals surface area contributed by atoms with Gasteiger partial charge in [0.25, 0.3) is 0 Å². The normalized spacial score (nSPS) is 25.3. The first-order valence-electron chi connectivity index (χ1n) is 9.18. The maximum absolute atomic E-state index is 6.13. The topological polar surface area (TPSA) is 34.6 Å². The van der Waals surface area contributed by atoms with Crippen molar-refractivity contribution in [2.24, 2.45) is 5.92 Å². The van der Waals surface area contributed by atoms with E-state index in [1.807, 2.05) is 24.3 Å². The minimum atomic E-state index is 0.479. The molecule has 2 bridgehead atoms. The minimum Gasteiger partial charge on any atom is -0.497 e. The summed E-state index contributed by atoms with van der Waals surface area (Å²) in [4.78, 5) is 7.32. The van der Waals surface area contributed by atoms with Crippen molar-refractivity contribution < 1.29 is 9.47 Å². The number of benzene rings is 1. The molecular weight excluding hydrogens is 312 g/mol. The number of nitrogens with zero attached hydrogens (tertiary/aromatic N) is 2. The van der Waals surface area contributed by atoms with Crippen LogP contribution in [0.2, 0.25) is 0 Å². The Morgan fingerprint density at radius 3 is 2.80 bits per heavy atom. The maximum Gasteiger partial charge on any atom is 0.123 e. The van der Waals surface area contributed by atoms with Crippen LogP contribution in [0.1, 0.15) is 30.7 Å². The van der Waals surface area contributed by atoms with Crippen molar-refractivity contribution in [1.82, 2.24) is 9.88 Å². The molecule has 2 heterocycles. The quantitative estimate of drug-likeness (QED) is 0.802. The van der Waals surface area contributed by atoms with E-state index in [9.17, 15) is 0 Å². The number of aryl methyl sites for hydroxylation is 1. The summed E-state index contributed by atoms with van der Waals surface area (Å²) in [7, 11) is 1.69. The Balaban J connectivity index is 1.45. The van der Waals surface area contributed by atoms with Crippen LogP contribution >= 0.6 is 0 Å². The molecule has 132 valence electrons. The molecule has 1 aromatic heterocycles. The molecule has 2 aliphatic rings. The van der Waals surface area contributed by atoms with Gasteiger partial charge < -0.3 is 9.47 Å². The number of aromatic nitrogens is 1. The second-order valence-electron chi connectivity index (χ2n) is 7.23. The van der Waals surface area contributed by atoms with E-state index in [0.717, 1.165) is 36.3 Å². The lowest BCUT2D eigenvalue weighted by molar-refractivity contribution is 0.0855. The SMILES string of the molecule is COc1cccc(OC[C@H]2[C@H]3CC[C@@H](C3)N2Cc2cccc(C)n2)c1. The van der Waals surface area contributed by atoms with Crippen LogP contribution in [0.3, 0.4) is 0 Å². The molecule has 0 amide bonds. The van der Waals surface area contributed by atoms with Crippen LogP contribution in [-0.2, 0) is 6.54 Å². The van der Waals surface area contributed by atoms with Gasteiger partial charge in [-0.1, -0.05) is 12.1 Å². The van der Waals surface area contributed by atoms with E-state index in [2.05, 4.69) is 30.0 Å². The highest BCUT2D eigenvalue weighted by molar-refractivity contribution is 5.32. The fourth-order valence-corrected chi connectivity index (χ4v) is 4.41. The van der Waals surface area contributed by atoms with Crippen LogP contribution in [-0.4, -0.2) is 35.7 Å². The van der Waals surface area contributed by atoms with Gasteiger partial charge >= 0.3 is 0 Å². The number of methoxy groups -OCH3 is 1. The third-order valence-electron chi connectivity index (χ3n) is 5.64. The van der Waals surface area contributed by atoms with Gasteiger partial charge in [-0.05, 0) is 56.4 Å². The highest BCUT2D eigenvalue weighted by Crippen LogP contribution is 2.43. The predicted octanol–water partition coefficient (Wildman–Crippen LogP) is 3.83. The lowest BCUT2D eigenvalue weighted by Gasteiger charge is -2.35. The zero-order chi connectivity index (χ0) is 17.2. The number of hydrogen-bond acceptors (Lipinski definition) is 4. The van der Waals surface area contributed by atoms with Crippen molar-refractivity contribution in [3.05, 3.63) is 53.9 Å². The third-order valence-corrected chi connectivity index (χ3v) is 5.64. The Bertz CT molecular complexity index is 733. The summed E-state index contributed by atoms with van der Waals surface area (Å²) in [5.74, 6) is 2.47. The molecule has 3 atom stereocenters. The molecule has 0 spiro atoms. The first-order chi connectivity index (χ1) is 12.2. The molecule has 1 saturated heterocycles. The molecule has 1 aliphatic heterocycles. The monoisotopic (exact) mass is 338 g/mol. The van der Waals surface area contributed by atoms with Gasteiger partial charge in [0.15, 0.2) is 0 Å². The molecule has 2 fully saturated rings. The number of ether oxygens (including phenoxy) is 2. The van der Waals surface area contributed by atoms with Crippen molar-refractivity contribution in [2.45, 2.75) is 44.8 Å². The van der Waals surface area contributed by atoms with E-state index in [4.69, 9.17) is 14.5 Å². The van der Waals surface area contributed by atoms with E-state index in [-0.39, 0.29) is 0 Å². The summed E-state index contributed by atoms with van der Waals surface area (Å²) in [5, 5.41) is 0. The summed E-state index contributed by atoms with van der Waals surface area (Å²) in [6, 6.07) is 15.3. The van der Waals surface area contributed by atoms with Gasteiger partial charge in [-0.3, -0.25) is 9.88 Å². The van der Waals surface area contributed by atoms with Crippen molar-refractivity contribution in [1.29, 1.82) is 0 Å². The Kier molecular flexibility index (Phi) is 4.62. The molecule has 4 rings (SSSR count). The summed E-state index contributed by atoms with van der Waals surface area (Å²) in [6.45, 7) is 3.72. The van der Waals surface area contributed by atoms with Gasteiger partial charge in [0.05, 0.1) is 12.8 Å². The molecule has 25 heavy (non-hydrogen) atoms. The summed E-state index contributed by atoms with van der Waals surface area (Å²) in [5.41, 5.74) is 2.25. The standard InChI is InChI=1S/C21H26N2O2/c1-15-5-3-6-17(22-15)13-23-18-10-9-16(11-18)21(23)14-25-20-8-4-7-19(12-20)24-2/h3-8,12,16,18,21H,9-11,13-14H2,1-2H3/t16-,18-,21-/m0/s1. The van der Waals surface area contributed by atoms with Gasteiger partial charge in [0.2, 0.25) is 0 Å². The van der Waals surface area contributed by atoms with Crippen LogP contribution in [0.5, 0.6) is 11.5 Å². The molecule has 0 N–H and O–H groups in total. The predicted molar refractivity (Wildman–Crippen MR) is 97.9 cm³/mol. The average Bonchev–Trinajstić information content (AvgIpc) is 3.22. The van der Waals surface area contributed by atoms with Crippen molar-refractivity contribution in [3.63, 3.8) is 0 Å². The first kappa shape index (κ1) is 16.4. The van der Waals surface area contributed by atoms with Crippen LogP contribution in [0, 0.1) is 12.8 Å². The molecule has 4 heteroatoms. The fraction of sp³-hybridized carbons (Fsp3) is 0.476. The molecule has 1 aromatic carbocycles. The van der Waals surface area contributed by atoms with Gasteiger partial charge in [-0.2, -0.15) is 0 Å². The zero-order valence-electron chi connectivity index (χ0n) is 15.0. The van der Waals surface area contributed by atoms with Crippen LogP contribution in [0.15, 0.2) is 42.5 Å². The Labute approximate surface area is 149 Å². The number of fused-ring (bicyclic) bond motifs is 2. The van der Waals surface area contributed by atoms with E-state index in [0.29, 0.717) is 12.1 Å². The van der Waals surface area contributed by atoms with Gasteiger partial charge in [0, 0.05) is 30.4 Å². The second-order valence-corrected chi connectivity index (χ2v) is 7.23. The summed E-state index contributed by atoms with van der Waals surface area (Å²) < 4.78 is 11.4. The largest absolute Gasteiger partial charge is 0.497 e. The number of likely N-dealkylation sites (tertiary alicyclic amines) is 1. The van der Waals surface area contributed by atoms with Crippen LogP contribution in [0.4, 0.5) is 0 Å². The fourth-order valence-electron chi connectivity index (χ4n) is 4.41. The molecule has 1 aliphatic carbocycles. The molecular formula is C21H26N2O2. The number of hydrogen-bond donors (Lipinski definition) is 0. The minimum absolute atomic E-state index is 0.479. The van der Waals surface area contributed by atoms with Crippen molar-refractivity contribution >= 4 is 0 Å². The lowest BCUT2D eigenvalue weighted by atomic mass is 9.99. The van der Waals surface area contributed by atoms with E-state index >= 15 is 0 Å². The zero-order valence-corrected chi connectivity index (χ0v) is 15.0. The maximum atomic E-state index is 6.13. The lowest BCUT2D eigenvalue weighted by Crippen LogP contribution is -2.43. The van der Waals surface area contributed by atoms with Gasteiger partial charge in [-0.25, -0.2) is 0 Å². The first-order valence-corrected chi connectivity index (χ1v) is 9.18. The molecule has 4 nitrogen and oxygen atoms in total. The van der Waals surface area contributed by atoms with Crippen molar-refractivity contribution in [3.8, 4) is 11.5 Å². The van der Waals surface area contributed by atoms with Crippen LogP contribution in [0.25, 0.3) is 0 Å².